The van der Waals surface area contributed by atoms with Crippen LogP contribution in [0, 0.1) is 5.92 Å². The molecule has 3 nitrogen and oxygen atoms in total. The molecule has 1 N–H and O–H groups in total. The maximum Gasteiger partial charge on any atom is 0.0678 e. The molecule has 1 aliphatic heterocycles. The van der Waals surface area contributed by atoms with Gasteiger partial charge >= 0.3 is 0 Å². The third-order valence-corrected chi connectivity index (χ3v) is 3.36. The van der Waals surface area contributed by atoms with Crippen LogP contribution in [0.3, 0.4) is 0 Å². The van der Waals surface area contributed by atoms with Crippen molar-refractivity contribution < 1.29 is 4.74 Å². The molecule has 0 aromatic rings. The number of nitrogens with zero attached hydrogens (tertiary/aromatic N) is 1. The van der Waals surface area contributed by atoms with Gasteiger partial charge in [0.25, 0.3) is 0 Å². The van der Waals surface area contributed by atoms with E-state index in [0.29, 0.717) is 18.2 Å². The summed E-state index contributed by atoms with van der Waals surface area (Å²) in [4.78, 5) is 2.57. The second kappa shape index (κ2) is 7.34. The molecule has 0 spiro atoms. The van der Waals surface area contributed by atoms with E-state index in [0.717, 1.165) is 32.1 Å². The van der Waals surface area contributed by atoms with Crippen LogP contribution in [-0.2, 0) is 4.74 Å². The lowest BCUT2D eigenvalue weighted by molar-refractivity contribution is -0.0790. The number of nitrogens with one attached hydrogen (secondary N) is 1. The van der Waals surface area contributed by atoms with Crippen LogP contribution in [0.15, 0.2) is 0 Å². The van der Waals surface area contributed by atoms with Crippen LogP contribution in [0.4, 0.5) is 0 Å². The van der Waals surface area contributed by atoms with E-state index in [1.165, 1.54) is 6.42 Å². The first-order valence-electron chi connectivity index (χ1n) is 7.09. The lowest BCUT2D eigenvalue weighted by Crippen LogP contribution is -2.49. The Labute approximate surface area is 107 Å². The highest BCUT2D eigenvalue weighted by Gasteiger charge is 2.25. The summed E-state index contributed by atoms with van der Waals surface area (Å²) in [6.07, 6.45) is 1.99. The Morgan fingerprint density at radius 2 is 1.76 bits per heavy atom. The molecule has 3 heteroatoms. The number of morpholine rings is 1. The van der Waals surface area contributed by atoms with Crippen molar-refractivity contribution in [2.75, 3.05) is 26.2 Å². The van der Waals surface area contributed by atoms with Gasteiger partial charge in [0.15, 0.2) is 0 Å². The summed E-state index contributed by atoms with van der Waals surface area (Å²) in [5.74, 6) is 0.744. The van der Waals surface area contributed by atoms with Gasteiger partial charge < -0.3 is 10.1 Å². The molecule has 0 radical (unpaired) electrons. The Balaban J connectivity index is 2.20. The standard InChI is InChI=1S/C14H30N2O/c1-11(2)8-15-7-6-12(3)16-9-13(4)17-14(5)10-16/h11-15H,6-10H2,1-5H3/t12?,13-,14+. The maximum atomic E-state index is 5.77. The SMILES string of the molecule is CC(C)CNCCC(C)N1C[C@@H](C)O[C@@H](C)C1. The van der Waals surface area contributed by atoms with E-state index in [1.807, 2.05) is 0 Å². The van der Waals surface area contributed by atoms with E-state index < -0.39 is 0 Å². The van der Waals surface area contributed by atoms with Crippen molar-refractivity contribution >= 4 is 0 Å². The van der Waals surface area contributed by atoms with Crippen molar-refractivity contribution in [3.05, 3.63) is 0 Å². The minimum Gasteiger partial charge on any atom is -0.373 e. The predicted molar refractivity (Wildman–Crippen MR) is 73.4 cm³/mol. The van der Waals surface area contributed by atoms with Crippen LogP contribution in [0.2, 0.25) is 0 Å². The third kappa shape index (κ3) is 5.84. The first kappa shape index (κ1) is 14.9. The molecule has 0 saturated carbocycles. The molecule has 0 aliphatic carbocycles. The molecule has 17 heavy (non-hydrogen) atoms. The van der Waals surface area contributed by atoms with Crippen LogP contribution in [0.1, 0.15) is 41.0 Å². The normalized spacial score (nSPS) is 28.6. The lowest BCUT2D eigenvalue weighted by Gasteiger charge is -2.39. The van der Waals surface area contributed by atoms with E-state index in [4.69, 9.17) is 4.74 Å². The van der Waals surface area contributed by atoms with Gasteiger partial charge in [-0.25, -0.2) is 0 Å². The predicted octanol–water partition coefficient (Wildman–Crippen LogP) is 2.12. The van der Waals surface area contributed by atoms with Gasteiger partial charge in [0, 0.05) is 19.1 Å². The molecule has 102 valence electrons. The maximum absolute atomic E-state index is 5.77. The Bertz CT molecular complexity index is 198. The Hall–Kier alpha value is -0.120. The van der Waals surface area contributed by atoms with Gasteiger partial charge in [0.05, 0.1) is 12.2 Å². The van der Waals surface area contributed by atoms with Crippen molar-refractivity contribution in [1.82, 2.24) is 10.2 Å². The fourth-order valence-electron chi connectivity index (χ4n) is 2.46. The van der Waals surface area contributed by atoms with Gasteiger partial charge in [-0.15, -0.1) is 0 Å². The quantitative estimate of drug-likeness (QED) is 0.722. The second-order valence-electron chi connectivity index (χ2n) is 5.95. The van der Waals surface area contributed by atoms with Gasteiger partial charge in [0.2, 0.25) is 0 Å². The zero-order chi connectivity index (χ0) is 12.8. The highest BCUT2D eigenvalue weighted by Crippen LogP contribution is 2.14. The summed E-state index contributed by atoms with van der Waals surface area (Å²) >= 11 is 0. The average molecular weight is 242 g/mol. The van der Waals surface area contributed by atoms with Crippen molar-refractivity contribution in [2.24, 2.45) is 5.92 Å². The van der Waals surface area contributed by atoms with E-state index in [-0.39, 0.29) is 0 Å². The van der Waals surface area contributed by atoms with E-state index in [9.17, 15) is 0 Å². The van der Waals surface area contributed by atoms with Gasteiger partial charge in [-0.3, -0.25) is 4.90 Å². The van der Waals surface area contributed by atoms with Gasteiger partial charge in [-0.1, -0.05) is 13.8 Å². The summed E-state index contributed by atoms with van der Waals surface area (Å²) in [6, 6.07) is 0.656. The lowest BCUT2D eigenvalue weighted by atomic mass is 10.1. The minimum atomic E-state index is 0.379. The Morgan fingerprint density at radius 3 is 2.29 bits per heavy atom. The number of rotatable bonds is 6. The fourth-order valence-corrected chi connectivity index (χ4v) is 2.46. The van der Waals surface area contributed by atoms with Crippen LogP contribution >= 0.6 is 0 Å². The monoisotopic (exact) mass is 242 g/mol. The zero-order valence-electron chi connectivity index (χ0n) is 12.2. The topological polar surface area (TPSA) is 24.5 Å². The molecular weight excluding hydrogens is 212 g/mol. The zero-order valence-corrected chi connectivity index (χ0v) is 12.2. The fraction of sp³-hybridized carbons (Fsp3) is 1.00. The Kier molecular flexibility index (Phi) is 6.45. The average Bonchev–Trinajstić information content (AvgIpc) is 2.22. The van der Waals surface area contributed by atoms with E-state index in [2.05, 4.69) is 44.8 Å². The highest BCUT2D eigenvalue weighted by molar-refractivity contribution is 4.78. The highest BCUT2D eigenvalue weighted by atomic mass is 16.5. The summed E-state index contributed by atoms with van der Waals surface area (Å²) < 4.78 is 5.77. The number of hydrogen-bond acceptors (Lipinski definition) is 3. The minimum absolute atomic E-state index is 0.379. The van der Waals surface area contributed by atoms with Gasteiger partial charge in [0.1, 0.15) is 0 Å². The van der Waals surface area contributed by atoms with E-state index in [1.54, 1.807) is 0 Å². The van der Waals surface area contributed by atoms with Crippen LogP contribution in [-0.4, -0.2) is 49.3 Å². The summed E-state index contributed by atoms with van der Waals surface area (Å²) in [5, 5.41) is 3.52. The number of ether oxygens (including phenoxy) is 1. The van der Waals surface area contributed by atoms with Crippen molar-refractivity contribution in [3.8, 4) is 0 Å². The van der Waals surface area contributed by atoms with Crippen molar-refractivity contribution in [1.29, 1.82) is 0 Å². The molecule has 0 bridgehead atoms. The summed E-state index contributed by atoms with van der Waals surface area (Å²) in [5.41, 5.74) is 0. The van der Waals surface area contributed by atoms with Crippen molar-refractivity contribution in [2.45, 2.75) is 59.3 Å². The molecule has 1 aliphatic rings. The summed E-state index contributed by atoms with van der Waals surface area (Å²) in [7, 11) is 0. The molecule has 1 rings (SSSR count). The molecule has 0 aromatic heterocycles. The largest absolute Gasteiger partial charge is 0.373 e. The van der Waals surface area contributed by atoms with Gasteiger partial charge in [-0.2, -0.15) is 0 Å². The molecule has 1 unspecified atom stereocenters. The number of hydrogen-bond donors (Lipinski definition) is 1. The molecular formula is C14H30N2O. The van der Waals surface area contributed by atoms with Gasteiger partial charge in [-0.05, 0) is 46.2 Å². The molecule has 1 heterocycles. The van der Waals surface area contributed by atoms with Crippen molar-refractivity contribution in [3.63, 3.8) is 0 Å². The summed E-state index contributed by atoms with van der Waals surface area (Å²) in [6.45, 7) is 15.6. The molecule has 3 atom stereocenters. The smallest absolute Gasteiger partial charge is 0.0678 e. The molecule has 1 saturated heterocycles. The molecule has 0 aromatic carbocycles. The van der Waals surface area contributed by atoms with Crippen LogP contribution in [0.25, 0.3) is 0 Å². The van der Waals surface area contributed by atoms with Crippen LogP contribution in [0.5, 0.6) is 0 Å². The van der Waals surface area contributed by atoms with E-state index >= 15 is 0 Å². The first-order chi connectivity index (χ1) is 7.99. The molecule has 0 amide bonds. The Morgan fingerprint density at radius 1 is 1.18 bits per heavy atom. The van der Waals surface area contributed by atoms with Crippen LogP contribution < -0.4 is 5.32 Å². The first-order valence-corrected chi connectivity index (χ1v) is 7.09. The third-order valence-electron chi connectivity index (χ3n) is 3.36. The second-order valence-corrected chi connectivity index (χ2v) is 5.95. The molecule has 1 fully saturated rings.